The SMILES string of the molecule is CCCOc1ccc(C2C(C(=O)c3ccco3)=C(O)C(=O)N2CCN2CCCCC2)cc1OC. The van der Waals surface area contributed by atoms with Crippen molar-refractivity contribution in [1.29, 1.82) is 0 Å². The second-order valence-corrected chi connectivity index (χ2v) is 8.63. The van der Waals surface area contributed by atoms with Crippen molar-refractivity contribution in [2.45, 2.75) is 38.6 Å². The Kier molecular flexibility index (Phi) is 7.57. The van der Waals surface area contributed by atoms with E-state index in [9.17, 15) is 14.7 Å². The number of piperidine rings is 1. The summed E-state index contributed by atoms with van der Waals surface area (Å²) in [5, 5.41) is 10.8. The predicted octanol–water partition coefficient (Wildman–Crippen LogP) is 4.14. The zero-order chi connectivity index (χ0) is 24.1. The van der Waals surface area contributed by atoms with Crippen LogP contribution in [-0.2, 0) is 4.79 Å². The average molecular weight is 469 g/mol. The zero-order valence-corrected chi connectivity index (χ0v) is 19.8. The largest absolute Gasteiger partial charge is 0.503 e. The first-order valence-corrected chi connectivity index (χ1v) is 11.9. The Labute approximate surface area is 199 Å². The fourth-order valence-corrected chi connectivity index (χ4v) is 4.62. The van der Waals surface area contributed by atoms with Gasteiger partial charge >= 0.3 is 0 Å². The molecule has 1 fully saturated rings. The molecule has 1 aromatic heterocycles. The number of ether oxygens (including phenoxy) is 2. The number of amides is 1. The second kappa shape index (κ2) is 10.8. The Morgan fingerprint density at radius 1 is 1.15 bits per heavy atom. The predicted molar refractivity (Wildman–Crippen MR) is 126 cm³/mol. The lowest BCUT2D eigenvalue weighted by Gasteiger charge is -2.31. The lowest BCUT2D eigenvalue weighted by atomic mass is 9.94. The minimum atomic E-state index is -0.760. The highest BCUT2D eigenvalue weighted by atomic mass is 16.5. The highest BCUT2D eigenvalue weighted by molar-refractivity contribution is 6.15. The van der Waals surface area contributed by atoms with Crippen LogP contribution in [0.4, 0.5) is 0 Å². The van der Waals surface area contributed by atoms with Crippen LogP contribution < -0.4 is 9.47 Å². The summed E-state index contributed by atoms with van der Waals surface area (Å²) < 4.78 is 16.6. The van der Waals surface area contributed by atoms with Gasteiger partial charge in [-0.25, -0.2) is 0 Å². The lowest BCUT2D eigenvalue weighted by molar-refractivity contribution is -0.129. The fraction of sp³-hybridized carbons (Fsp3) is 0.462. The zero-order valence-electron chi connectivity index (χ0n) is 19.8. The molecule has 4 rings (SSSR count). The first kappa shape index (κ1) is 23.9. The summed E-state index contributed by atoms with van der Waals surface area (Å²) in [5.41, 5.74) is 0.675. The van der Waals surface area contributed by atoms with Gasteiger partial charge in [0.05, 0.1) is 31.6 Å². The molecule has 1 amide bonds. The second-order valence-electron chi connectivity index (χ2n) is 8.63. The van der Waals surface area contributed by atoms with Crippen molar-refractivity contribution in [2.75, 3.05) is 39.9 Å². The van der Waals surface area contributed by atoms with Gasteiger partial charge < -0.3 is 28.8 Å². The summed E-state index contributed by atoms with van der Waals surface area (Å²) in [5.74, 6) is -0.425. The Bertz CT molecular complexity index is 1040. The number of carbonyl (C=O) groups excluding carboxylic acids is 2. The van der Waals surface area contributed by atoms with Gasteiger partial charge in [-0.05, 0) is 62.2 Å². The van der Waals surface area contributed by atoms with E-state index in [2.05, 4.69) is 4.90 Å². The minimum absolute atomic E-state index is 0.0165. The Morgan fingerprint density at radius 3 is 2.62 bits per heavy atom. The molecule has 1 atom stereocenters. The molecule has 1 saturated heterocycles. The van der Waals surface area contributed by atoms with Crippen LogP contribution >= 0.6 is 0 Å². The topological polar surface area (TPSA) is 92.5 Å². The van der Waals surface area contributed by atoms with Crippen molar-refractivity contribution in [1.82, 2.24) is 9.80 Å². The lowest BCUT2D eigenvalue weighted by Crippen LogP contribution is -2.40. The Balaban J connectivity index is 1.69. The number of carbonyl (C=O) groups is 2. The molecule has 34 heavy (non-hydrogen) atoms. The van der Waals surface area contributed by atoms with Crippen LogP contribution in [0, 0.1) is 0 Å². The summed E-state index contributed by atoms with van der Waals surface area (Å²) in [6, 6.07) is 7.74. The van der Waals surface area contributed by atoms with Crippen LogP contribution in [0.25, 0.3) is 0 Å². The van der Waals surface area contributed by atoms with Gasteiger partial charge in [-0.15, -0.1) is 0 Å². The van der Waals surface area contributed by atoms with Crippen molar-refractivity contribution in [3.8, 4) is 11.5 Å². The standard InChI is InChI=1S/C26H32N2O6/c1-3-15-33-19-10-9-18(17-21(19)32-2)23-22(24(29)20-8-7-16-34-20)25(30)26(31)28(23)14-13-27-11-5-4-6-12-27/h7-10,16-17,23,30H,3-6,11-15H2,1-2H3. The van der Waals surface area contributed by atoms with Crippen LogP contribution in [0.1, 0.15) is 54.8 Å². The molecule has 8 nitrogen and oxygen atoms in total. The van der Waals surface area contributed by atoms with Crippen molar-refractivity contribution in [3.05, 3.63) is 59.3 Å². The number of hydrogen-bond donors (Lipinski definition) is 1. The van der Waals surface area contributed by atoms with Gasteiger partial charge in [-0.1, -0.05) is 19.4 Å². The fourth-order valence-electron chi connectivity index (χ4n) is 4.62. The summed E-state index contributed by atoms with van der Waals surface area (Å²) in [6.45, 7) is 5.60. The third-order valence-electron chi connectivity index (χ3n) is 6.36. The summed E-state index contributed by atoms with van der Waals surface area (Å²) in [6.07, 6.45) is 5.75. The van der Waals surface area contributed by atoms with Gasteiger partial charge in [0.1, 0.15) is 0 Å². The normalized spacial score (nSPS) is 19.1. The number of hydrogen-bond acceptors (Lipinski definition) is 7. The van der Waals surface area contributed by atoms with Crippen LogP contribution in [0.2, 0.25) is 0 Å². The summed E-state index contributed by atoms with van der Waals surface area (Å²) in [7, 11) is 1.55. The molecule has 1 aromatic carbocycles. The molecule has 2 aliphatic rings. The van der Waals surface area contributed by atoms with E-state index in [4.69, 9.17) is 13.9 Å². The smallest absolute Gasteiger partial charge is 0.290 e. The molecule has 0 saturated carbocycles. The van der Waals surface area contributed by atoms with Crippen LogP contribution in [0.5, 0.6) is 11.5 Å². The third kappa shape index (κ3) is 4.82. The van der Waals surface area contributed by atoms with Gasteiger partial charge in [-0.2, -0.15) is 0 Å². The molecular formula is C26H32N2O6. The number of aliphatic hydroxyl groups is 1. The molecule has 8 heteroatoms. The van der Waals surface area contributed by atoms with E-state index < -0.39 is 23.5 Å². The number of aliphatic hydroxyl groups excluding tert-OH is 1. The summed E-state index contributed by atoms with van der Waals surface area (Å²) in [4.78, 5) is 30.4. The van der Waals surface area contributed by atoms with Crippen LogP contribution in [-0.4, -0.2) is 66.5 Å². The van der Waals surface area contributed by atoms with Crippen LogP contribution in [0.15, 0.2) is 52.3 Å². The van der Waals surface area contributed by atoms with E-state index in [1.807, 2.05) is 13.0 Å². The molecular weight excluding hydrogens is 436 g/mol. The molecule has 2 aliphatic heterocycles. The number of likely N-dealkylation sites (tertiary alicyclic amines) is 1. The monoisotopic (exact) mass is 468 g/mol. The van der Waals surface area contributed by atoms with Gasteiger partial charge in [0, 0.05) is 13.1 Å². The number of methoxy groups -OCH3 is 1. The van der Waals surface area contributed by atoms with E-state index in [1.54, 1.807) is 30.2 Å². The number of nitrogens with zero attached hydrogens (tertiary/aromatic N) is 2. The Hall–Kier alpha value is -3.26. The van der Waals surface area contributed by atoms with Crippen molar-refractivity contribution < 1.29 is 28.6 Å². The maximum atomic E-state index is 13.3. The molecule has 2 aromatic rings. The van der Waals surface area contributed by atoms with E-state index >= 15 is 0 Å². The van der Waals surface area contributed by atoms with Crippen molar-refractivity contribution in [2.24, 2.45) is 0 Å². The molecule has 182 valence electrons. The number of rotatable bonds is 10. The maximum absolute atomic E-state index is 13.3. The highest BCUT2D eigenvalue weighted by Crippen LogP contribution is 2.41. The molecule has 1 unspecified atom stereocenters. The van der Waals surface area contributed by atoms with E-state index in [0.29, 0.717) is 36.8 Å². The first-order chi connectivity index (χ1) is 16.5. The summed E-state index contributed by atoms with van der Waals surface area (Å²) >= 11 is 0. The Morgan fingerprint density at radius 2 is 1.94 bits per heavy atom. The highest BCUT2D eigenvalue weighted by Gasteiger charge is 2.44. The average Bonchev–Trinajstić information content (AvgIpc) is 3.49. The van der Waals surface area contributed by atoms with Crippen LogP contribution in [0.3, 0.4) is 0 Å². The number of benzene rings is 1. The van der Waals surface area contributed by atoms with Gasteiger partial charge in [0.25, 0.3) is 5.91 Å². The van der Waals surface area contributed by atoms with Gasteiger partial charge in [-0.3, -0.25) is 9.59 Å². The van der Waals surface area contributed by atoms with E-state index in [1.165, 1.54) is 18.8 Å². The molecule has 0 bridgehead atoms. The molecule has 0 spiro atoms. The molecule has 1 N–H and O–H groups in total. The van der Waals surface area contributed by atoms with Crippen molar-refractivity contribution in [3.63, 3.8) is 0 Å². The molecule has 0 aliphatic carbocycles. The minimum Gasteiger partial charge on any atom is -0.503 e. The molecule has 3 heterocycles. The van der Waals surface area contributed by atoms with Gasteiger partial charge in [0.15, 0.2) is 23.0 Å². The van der Waals surface area contributed by atoms with Crippen molar-refractivity contribution >= 4 is 11.7 Å². The maximum Gasteiger partial charge on any atom is 0.290 e. The first-order valence-electron chi connectivity index (χ1n) is 11.9. The third-order valence-corrected chi connectivity index (χ3v) is 6.36. The number of Topliss-reactive ketones (excluding diaryl/α,β-unsaturated/α-hetero) is 1. The van der Waals surface area contributed by atoms with E-state index in [0.717, 1.165) is 32.4 Å². The number of ketones is 1. The van der Waals surface area contributed by atoms with E-state index in [-0.39, 0.29) is 11.3 Å². The van der Waals surface area contributed by atoms with Gasteiger partial charge in [0.2, 0.25) is 5.78 Å². The number of furan rings is 1. The quantitative estimate of drug-likeness (QED) is 0.524. The molecule has 0 radical (unpaired) electrons.